The molecule has 3 heteroatoms. The Labute approximate surface area is 100 Å². The normalized spacial score (nSPS) is 22.3. The van der Waals surface area contributed by atoms with Gasteiger partial charge in [-0.25, -0.2) is 0 Å². The van der Waals surface area contributed by atoms with Crippen molar-refractivity contribution in [1.29, 1.82) is 0 Å². The Morgan fingerprint density at radius 3 is 2.88 bits per heavy atom. The van der Waals surface area contributed by atoms with E-state index >= 15 is 0 Å². The van der Waals surface area contributed by atoms with Crippen LogP contribution >= 0.6 is 0 Å². The van der Waals surface area contributed by atoms with E-state index < -0.39 is 0 Å². The van der Waals surface area contributed by atoms with Crippen LogP contribution in [0.5, 0.6) is 11.5 Å². The van der Waals surface area contributed by atoms with Crippen LogP contribution in [0.4, 0.5) is 0 Å². The van der Waals surface area contributed by atoms with Crippen molar-refractivity contribution in [2.45, 2.75) is 19.6 Å². The second-order valence-corrected chi connectivity index (χ2v) is 4.28. The van der Waals surface area contributed by atoms with Crippen LogP contribution in [0.15, 0.2) is 30.9 Å². The Bertz CT molecular complexity index is 516. The van der Waals surface area contributed by atoms with E-state index in [-0.39, 0.29) is 12.9 Å². The zero-order chi connectivity index (χ0) is 12.0. The van der Waals surface area contributed by atoms with E-state index in [2.05, 4.69) is 13.2 Å². The zero-order valence-corrected chi connectivity index (χ0v) is 9.79. The van der Waals surface area contributed by atoms with Gasteiger partial charge in [-0.1, -0.05) is 19.2 Å². The Balaban J connectivity index is 2.17. The van der Waals surface area contributed by atoms with Crippen molar-refractivity contribution in [3.8, 4) is 11.5 Å². The van der Waals surface area contributed by atoms with E-state index in [1.807, 2.05) is 19.1 Å². The predicted molar refractivity (Wildman–Crippen MR) is 65.0 cm³/mol. The van der Waals surface area contributed by atoms with Crippen molar-refractivity contribution in [3.05, 3.63) is 42.0 Å². The van der Waals surface area contributed by atoms with Gasteiger partial charge in [-0.2, -0.15) is 0 Å². The van der Waals surface area contributed by atoms with E-state index in [1.165, 1.54) is 0 Å². The summed E-state index contributed by atoms with van der Waals surface area (Å²) in [5.74, 6) is 1.56. The molecular formula is C14H14O3. The van der Waals surface area contributed by atoms with Crippen molar-refractivity contribution >= 4 is 5.57 Å². The van der Waals surface area contributed by atoms with Crippen molar-refractivity contribution in [2.75, 3.05) is 6.79 Å². The average Bonchev–Trinajstić information content (AvgIpc) is 2.78. The van der Waals surface area contributed by atoms with Gasteiger partial charge >= 0.3 is 0 Å². The average molecular weight is 230 g/mol. The summed E-state index contributed by atoms with van der Waals surface area (Å²) >= 11 is 0. The van der Waals surface area contributed by atoms with Gasteiger partial charge in [0.05, 0.1) is 12.7 Å². The van der Waals surface area contributed by atoms with Crippen molar-refractivity contribution in [3.63, 3.8) is 0 Å². The molecule has 1 aromatic carbocycles. The highest BCUT2D eigenvalue weighted by molar-refractivity contribution is 5.81. The van der Waals surface area contributed by atoms with E-state index in [9.17, 15) is 0 Å². The summed E-state index contributed by atoms with van der Waals surface area (Å²) in [5.41, 5.74) is 3.89. The van der Waals surface area contributed by atoms with Crippen LogP contribution in [0.25, 0.3) is 5.57 Å². The van der Waals surface area contributed by atoms with Gasteiger partial charge in [0.1, 0.15) is 0 Å². The van der Waals surface area contributed by atoms with Crippen LogP contribution in [0.3, 0.4) is 0 Å². The van der Waals surface area contributed by atoms with E-state index in [1.54, 1.807) is 0 Å². The largest absolute Gasteiger partial charge is 0.454 e. The molecule has 0 amide bonds. The van der Waals surface area contributed by atoms with Gasteiger partial charge in [0.2, 0.25) is 6.79 Å². The van der Waals surface area contributed by atoms with Crippen molar-refractivity contribution in [1.82, 2.24) is 0 Å². The molecule has 88 valence electrons. The molecular weight excluding hydrogens is 216 g/mol. The predicted octanol–water partition coefficient (Wildman–Crippen LogP) is 2.90. The Morgan fingerprint density at radius 2 is 2.06 bits per heavy atom. The minimum absolute atomic E-state index is 0.0205. The van der Waals surface area contributed by atoms with E-state index in [0.29, 0.717) is 6.61 Å². The Morgan fingerprint density at radius 1 is 1.24 bits per heavy atom. The number of benzene rings is 1. The third-order valence-corrected chi connectivity index (χ3v) is 3.32. The SMILES string of the molecule is C=C1C(=C)C(C)OCc2c1ccc1c2OCO1. The van der Waals surface area contributed by atoms with Crippen molar-refractivity contribution in [2.24, 2.45) is 0 Å². The molecule has 0 bridgehead atoms. The summed E-state index contributed by atoms with van der Waals surface area (Å²) in [7, 11) is 0. The molecule has 3 rings (SSSR count). The second-order valence-electron chi connectivity index (χ2n) is 4.28. The molecule has 0 aliphatic carbocycles. The summed E-state index contributed by atoms with van der Waals surface area (Å²) in [6, 6.07) is 3.91. The molecule has 1 aromatic rings. The second kappa shape index (κ2) is 3.64. The first-order valence-corrected chi connectivity index (χ1v) is 5.60. The number of hydrogen-bond acceptors (Lipinski definition) is 3. The summed E-state index contributed by atoms with van der Waals surface area (Å²) in [6.45, 7) is 10.9. The summed E-state index contributed by atoms with van der Waals surface area (Å²) in [6.07, 6.45) is -0.0205. The monoisotopic (exact) mass is 230 g/mol. The summed E-state index contributed by atoms with van der Waals surface area (Å²) in [4.78, 5) is 0. The first-order chi connectivity index (χ1) is 8.18. The van der Waals surface area contributed by atoms with Gasteiger partial charge in [-0.15, -0.1) is 0 Å². The van der Waals surface area contributed by atoms with Gasteiger partial charge in [-0.05, 0) is 29.7 Å². The maximum atomic E-state index is 5.74. The molecule has 0 N–H and O–H groups in total. The van der Waals surface area contributed by atoms with Crippen LogP contribution in [0, 0.1) is 0 Å². The van der Waals surface area contributed by atoms with Gasteiger partial charge in [0.15, 0.2) is 11.5 Å². The Kier molecular flexibility index (Phi) is 2.23. The highest BCUT2D eigenvalue weighted by Crippen LogP contribution is 2.43. The lowest BCUT2D eigenvalue weighted by Gasteiger charge is -2.12. The standard InChI is InChI=1S/C14H14O3/c1-8-9(2)11-4-5-13-14(17-7-16-13)12(11)6-15-10(8)3/h4-5,10H,1-2,6-7H2,3H3. The lowest BCUT2D eigenvalue weighted by atomic mass is 9.94. The third kappa shape index (κ3) is 1.46. The van der Waals surface area contributed by atoms with Gasteiger partial charge in [0.25, 0.3) is 0 Å². The van der Waals surface area contributed by atoms with E-state index in [0.717, 1.165) is 33.8 Å². The van der Waals surface area contributed by atoms with Crippen LogP contribution in [-0.4, -0.2) is 12.9 Å². The van der Waals surface area contributed by atoms with Crippen LogP contribution in [0.2, 0.25) is 0 Å². The lowest BCUT2D eigenvalue weighted by molar-refractivity contribution is 0.0799. The fourth-order valence-corrected chi connectivity index (χ4v) is 2.18. The maximum Gasteiger partial charge on any atom is 0.231 e. The first kappa shape index (κ1) is 10.4. The molecule has 1 unspecified atom stereocenters. The summed E-state index contributed by atoms with van der Waals surface area (Å²) < 4.78 is 16.6. The van der Waals surface area contributed by atoms with Crippen LogP contribution < -0.4 is 9.47 Å². The highest BCUT2D eigenvalue weighted by atomic mass is 16.7. The molecule has 2 aliphatic heterocycles. The van der Waals surface area contributed by atoms with Crippen LogP contribution in [0.1, 0.15) is 18.1 Å². The number of hydrogen-bond donors (Lipinski definition) is 0. The molecule has 0 fully saturated rings. The summed E-state index contributed by atoms with van der Waals surface area (Å²) in [5, 5.41) is 0. The molecule has 17 heavy (non-hydrogen) atoms. The maximum absolute atomic E-state index is 5.74. The smallest absolute Gasteiger partial charge is 0.231 e. The molecule has 3 nitrogen and oxygen atoms in total. The number of fused-ring (bicyclic) bond motifs is 3. The minimum Gasteiger partial charge on any atom is -0.454 e. The van der Waals surface area contributed by atoms with E-state index in [4.69, 9.17) is 14.2 Å². The molecule has 0 saturated carbocycles. The fraction of sp³-hybridized carbons (Fsp3) is 0.286. The molecule has 2 heterocycles. The lowest BCUT2D eigenvalue weighted by Crippen LogP contribution is -2.07. The molecule has 1 atom stereocenters. The Hall–Kier alpha value is -1.74. The first-order valence-electron chi connectivity index (χ1n) is 5.60. The molecule has 0 aromatic heterocycles. The van der Waals surface area contributed by atoms with Gasteiger partial charge < -0.3 is 14.2 Å². The molecule has 0 spiro atoms. The fourth-order valence-electron chi connectivity index (χ4n) is 2.18. The molecule has 0 radical (unpaired) electrons. The topological polar surface area (TPSA) is 27.7 Å². The zero-order valence-electron chi connectivity index (χ0n) is 9.79. The van der Waals surface area contributed by atoms with Crippen molar-refractivity contribution < 1.29 is 14.2 Å². The molecule has 2 aliphatic rings. The van der Waals surface area contributed by atoms with Gasteiger partial charge in [0, 0.05) is 5.56 Å². The minimum atomic E-state index is -0.0205. The molecule has 0 saturated heterocycles. The van der Waals surface area contributed by atoms with Crippen LogP contribution in [-0.2, 0) is 11.3 Å². The number of ether oxygens (including phenoxy) is 3. The third-order valence-electron chi connectivity index (χ3n) is 3.32. The number of rotatable bonds is 0. The van der Waals surface area contributed by atoms with Gasteiger partial charge in [-0.3, -0.25) is 0 Å². The quantitative estimate of drug-likeness (QED) is 0.686. The highest BCUT2D eigenvalue weighted by Gasteiger charge is 2.26.